The Labute approximate surface area is 147 Å². The topological polar surface area (TPSA) is 12.0 Å². The van der Waals surface area contributed by atoms with E-state index >= 15 is 0 Å². The number of nitrogens with one attached hydrogen (secondary N) is 1. The summed E-state index contributed by atoms with van der Waals surface area (Å²) in [5.74, 6) is 0. The first kappa shape index (κ1) is 13.9. The van der Waals surface area contributed by atoms with Gasteiger partial charge in [-0.1, -0.05) is 0 Å². The van der Waals surface area contributed by atoms with Crippen molar-refractivity contribution in [3.63, 3.8) is 0 Å². The van der Waals surface area contributed by atoms with Crippen LogP contribution < -0.4 is 14.2 Å². The van der Waals surface area contributed by atoms with E-state index in [0.717, 1.165) is 11.4 Å². The van der Waals surface area contributed by atoms with Gasteiger partial charge in [-0.2, -0.15) is 0 Å². The summed E-state index contributed by atoms with van der Waals surface area (Å²) in [6.45, 7) is 0. The Bertz CT molecular complexity index is 1050. The molecule has 0 unspecified atom stereocenters. The first-order chi connectivity index (χ1) is 11.9. The molecule has 0 aliphatic carbocycles. The monoisotopic (exact) mass is 373 g/mol. The molecule has 0 bridgehead atoms. The third-order valence-electron chi connectivity index (χ3n) is 4.42. The molecule has 1 aliphatic rings. The summed E-state index contributed by atoms with van der Waals surface area (Å²) in [7, 11) is 0. The molecule has 0 saturated heterocycles. The van der Waals surface area contributed by atoms with Gasteiger partial charge in [0.05, 0.1) is 0 Å². The van der Waals surface area contributed by atoms with E-state index in [1.54, 1.807) is 0 Å². The Kier molecular flexibility index (Phi) is 3.19. The molecular formula is C22H15NSe. The minimum absolute atomic E-state index is 0.345. The second-order valence-corrected chi connectivity index (χ2v) is 8.24. The van der Waals surface area contributed by atoms with Crippen molar-refractivity contribution < 1.29 is 0 Å². The van der Waals surface area contributed by atoms with Crippen LogP contribution in [0.25, 0.3) is 21.9 Å². The molecule has 4 aromatic carbocycles. The molecule has 0 radical (unpaired) electrons. The van der Waals surface area contributed by atoms with Crippen molar-refractivity contribution in [2.24, 2.45) is 0 Å². The van der Waals surface area contributed by atoms with Crippen LogP contribution in [-0.4, -0.2) is 15.0 Å². The number of hydrogen-bond acceptors (Lipinski definition) is 1. The van der Waals surface area contributed by atoms with Gasteiger partial charge in [-0.25, -0.2) is 0 Å². The van der Waals surface area contributed by atoms with Crippen molar-refractivity contribution in [3.8, 4) is 11.1 Å². The van der Waals surface area contributed by atoms with E-state index in [1.807, 2.05) is 6.07 Å². The Morgan fingerprint density at radius 3 is 2.29 bits per heavy atom. The summed E-state index contributed by atoms with van der Waals surface area (Å²) in [6, 6.07) is 30.4. The molecule has 2 heteroatoms. The van der Waals surface area contributed by atoms with Crippen LogP contribution >= 0.6 is 0 Å². The van der Waals surface area contributed by atoms with E-state index in [9.17, 15) is 0 Å². The van der Waals surface area contributed by atoms with Crippen LogP contribution in [0.5, 0.6) is 0 Å². The second kappa shape index (κ2) is 5.52. The maximum absolute atomic E-state index is 3.51. The van der Waals surface area contributed by atoms with E-state index < -0.39 is 0 Å². The molecule has 0 amide bonds. The summed E-state index contributed by atoms with van der Waals surface area (Å²) in [6.07, 6.45) is 0. The van der Waals surface area contributed by atoms with Crippen LogP contribution in [0.15, 0.2) is 84.9 Å². The zero-order valence-corrected chi connectivity index (χ0v) is 14.7. The Morgan fingerprint density at radius 1 is 0.583 bits per heavy atom. The van der Waals surface area contributed by atoms with Crippen LogP contribution in [0, 0.1) is 0 Å². The summed E-state index contributed by atoms with van der Waals surface area (Å²) in [4.78, 5) is 0. The summed E-state index contributed by atoms with van der Waals surface area (Å²) < 4.78 is 2.94. The van der Waals surface area contributed by atoms with Gasteiger partial charge in [0.2, 0.25) is 0 Å². The van der Waals surface area contributed by atoms with Gasteiger partial charge in [0.1, 0.15) is 0 Å². The molecule has 0 atom stereocenters. The number of para-hydroxylation sites is 1. The predicted molar refractivity (Wildman–Crippen MR) is 104 cm³/mol. The SMILES string of the molecule is c1ccc(Nc2ccc3c(c2)[Se]c2cccc4cccc-3c24)cc1. The fourth-order valence-corrected chi connectivity index (χ4v) is 5.82. The average Bonchev–Trinajstić information content (AvgIpc) is 2.63. The van der Waals surface area contributed by atoms with Crippen LogP contribution in [-0.2, 0) is 0 Å². The van der Waals surface area contributed by atoms with Crippen molar-refractivity contribution in [2.75, 3.05) is 5.32 Å². The third-order valence-corrected chi connectivity index (χ3v) is 6.77. The van der Waals surface area contributed by atoms with Crippen LogP contribution in [0.3, 0.4) is 0 Å². The van der Waals surface area contributed by atoms with E-state index in [4.69, 9.17) is 0 Å². The predicted octanol–water partition coefficient (Wildman–Crippen LogP) is 4.22. The number of anilines is 2. The average molecular weight is 372 g/mol. The van der Waals surface area contributed by atoms with Crippen molar-refractivity contribution in [1.82, 2.24) is 0 Å². The van der Waals surface area contributed by atoms with Crippen molar-refractivity contribution in [3.05, 3.63) is 84.9 Å². The molecule has 0 spiro atoms. The summed E-state index contributed by atoms with van der Waals surface area (Å²) >= 11 is 0.345. The van der Waals surface area contributed by atoms with Gasteiger partial charge in [-0.15, -0.1) is 0 Å². The minimum atomic E-state index is 0.345. The quantitative estimate of drug-likeness (QED) is 0.458. The molecule has 4 aromatic rings. The molecular weight excluding hydrogens is 357 g/mol. The Morgan fingerprint density at radius 2 is 1.42 bits per heavy atom. The number of hydrogen-bond donors (Lipinski definition) is 1. The first-order valence-electron chi connectivity index (χ1n) is 8.04. The normalized spacial score (nSPS) is 12.0. The van der Waals surface area contributed by atoms with Crippen LogP contribution in [0.4, 0.5) is 11.4 Å². The van der Waals surface area contributed by atoms with Crippen LogP contribution in [0.1, 0.15) is 0 Å². The molecule has 0 saturated carbocycles. The van der Waals surface area contributed by atoms with E-state index in [1.165, 1.54) is 30.8 Å². The second-order valence-electron chi connectivity index (χ2n) is 5.96. The molecule has 1 N–H and O–H groups in total. The Balaban J connectivity index is 1.63. The first-order valence-corrected chi connectivity index (χ1v) is 9.76. The van der Waals surface area contributed by atoms with Crippen molar-refractivity contribution >= 4 is 46.0 Å². The van der Waals surface area contributed by atoms with Gasteiger partial charge in [0.25, 0.3) is 0 Å². The number of rotatable bonds is 2. The zero-order chi connectivity index (χ0) is 15.9. The van der Waals surface area contributed by atoms with E-state index in [2.05, 4.69) is 84.2 Å². The number of benzene rings is 4. The van der Waals surface area contributed by atoms with E-state index in [-0.39, 0.29) is 0 Å². The number of fused-ring (bicyclic) bond motifs is 2. The van der Waals surface area contributed by atoms with Gasteiger partial charge < -0.3 is 0 Å². The molecule has 1 heterocycles. The Hall–Kier alpha value is -2.54. The molecule has 1 nitrogen and oxygen atoms in total. The van der Waals surface area contributed by atoms with Gasteiger partial charge >= 0.3 is 147 Å². The van der Waals surface area contributed by atoms with Gasteiger partial charge in [-0.3, -0.25) is 0 Å². The third kappa shape index (κ3) is 2.24. The van der Waals surface area contributed by atoms with Crippen molar-refractivity contribution in [1.29, 1.82) is 0 Å². The summed E-state index contributed by atoms with van der Waals surface area (Å²) in [5.41, 5.74) is 5.05. The van der Waals surface area contributed by atoms with Gasteiger partial charge in [0.15, 0.2) is 0 Å². The summed E-state index contributed by atoms with van der Waals surface area (Å²) in [5, 5.41) is 6.30. The van der Waals surface area contributed by atoms with Gasteiger partial charge in [0, 0.05) is 0 Å². The van der Waals surface area contributed by atoms with Crippen molar-refractivity contribution in [2.45, 2.75) is 0 Å². The molecule has 0 fully saturated rings. The fraction of sp³-hybridized carbons (Fsp3) is 0. The molecule has 114 valence electrons. The van der Waals surface area contributed by atoms with Crippen LogP contribution in [0.2, 0.25) is 0 Å². The molecule has 0 aromatic heterocycles. The zero-order valence-electron chi connectivity index (χ0n) is 13.0. The maximum atomic E-state index is 3.51. The molecule has 1 aliphatic heterocycles. The molecule has 5 rings (SSSR count). The van der Waals surface area contributed by atoms with E-state index in [0.29, 0.717) is 15.0 Å². The standard InChI is InChI=1S/C22H15NSe/c1-2-8-16(9-3-1)23-17-12-13-18-19-10-4-6-15-7-5-11-20(22(15)19)24-21(18)14-17/h1-14,23H. The fourth-order valence-electron chi connectivity index (χ4n) is 3.33. The van der Waals surface area contributed by atoms with Gasteiger partial charge in [-0.05, 0) is 0 Å². The molecule has 24 heavy (non-hydrogen) atoms.